The summed E-state index contributed by atoms with van der Waals surface area (Å²) >= 11 is 0. The molecule has 112 valence electrons. The van der Waals surface area contributed by atoms with Crippen molar-refractivity contribution >= 4 is 24.0 Å². The number of halogens is 1. The van der Waals surface area contributed by atoms with E-state index in [9.17, 15) is 4.79 Å². The zero-order valence-electron chi connectivity index (χ0n) is 12.0. The highest BCUT2D eigenvalue weighted by molar-refractivity contribution is 5.93. The fourth-order valence-electron chi connectivity index (χ4n) is 2.60. The van der Waals surface area contributed by atoms with Crippen molar-refractivity contribution in [2.45, 2.75) is 38.6 Å². The van der Waals surface area contributed by atoms with Crippen molar-refractivity contribution in [1.29, 1.82) is 0 Å². The molecule has 1 fully saturated rings. The number of methoxy groups -OCH3 is 1. The van der Waals surface area contributed by atoms with E-state index < -0.39 is 0 Å². The summed E-state index contributed by atoms with van der Waals surface area (Å²) in [5.41, 5.74) is 7.79. The minimum Gasteiger partial charge on any atom is -0.497 e. The molecule has 0 aromatic heterocycles. The van der Waals surface area contributed by atoms with E-state index in [1.54, 1.807) is 7.11 Å². The average molecular weight is 299 g/mol. The Balaban J connectivity index is 0.00000200. The first-order valence-electron chi connectivity index (χ1n) is 6.81. The second-order valence-electron chi connectivity index (χ2n) is 5.29. The maximum absolute atomic E-state index is 12.2. The third kappa shape index (κ3) is 4.12. The molecule has 1 aliphatic rings. The van der Waals surface area contributed by atoms with Crippen LogP contribution in [0.2, 0.25) is 0 Å². The van der Waals surface area contributed by atoms with Gasteiger partial charge in [0.1, 0.15) is 5.75 Å². The van der Waals surface area contributed by atoms with Crippen molar-refractivity contribution in [2.75, 3.05) is 12.4 Å². The number of hydrogen-bond acceptors (Lipinski definition) is 3. The Morgan fingerprint density at radius 3 is 2.75 bits per heavy atom. The highest BCUT2D eigenvalue weighted by Crippen LogP contribution is 2.26. The van der Waals surface area contributed by atoms with Gasteiger partial charge in [-0.15, -0.1) is 12.4 Å². The van der Waals surface area contributed by atoms with Crippen LogP contribution in [0.15, 0.2) is 18.2 Å². The number of nitrogens with two attached hydrogens (primary N) is 1. The van der Waals surface area contributed by atoms with Crippen molar-refractivity contribution < 1.29 is 9.53 Å². The van der Waals surface area contributed by atoms with Crippen LogP contribution in [-0.2, 0) is 4.79 Å². The Hall–Kier alpha value is -1.26. The van der Waals surface area contributed by atoms with Crippen molar-refractivity contribution in [3.8, 4) is 5.75 Å². The zero-order valence-corrected chi connectivity index (χ0v) is 12.8. The number of benzene rings is 1. The van der Waals surface area contributed by atoms with Crippen LogP contribution in [0.1, 0.15) is 31.2 Å². The van der Waals surface area contributed by atoms with Gasteiger partial charge in [-0.2, -0.15) is 0 Å². The van der Waals surface area contributed by atoms with Gasteiger partial charge in [0.15, 0.2) is 0 Å². The Bertz CT molecular complexity index is 465. The summed E-state index contributed by atoms with van der Waals surface area (Å²) in [6.07, 6.45) is 3.81. The summed E-state index contributed by atoms with van der Waals surface area (Å²) in [6, 6.07) is 5.83. The van der Waals surface area contributed by atoms with Crippen LogP contribution in [0.25, 0.3) is 0 Å². The third-order valence-electron chi connectivity index (χ3n) is 3.78. The number of nitrogens with one attached hydrogen (secondary N) is 1. The van der Waals surface area contributed by atoms with Crippen molar-refractivity contribution in [3.63, 3.8) is 0 Å². The van der Waals surface area contributed by atoms with Gasteiger partial charge < -0.3 is 15.8 Å². The Labute approximate surface area is 126 Å². The van der Waals surface area contributed by atoms with E-state index in [-0.39, 0.29) is 30.3 Å². The molecule has 4 nitrogen and oxygen atoms in total. The topological polar surface area (TPSA) is 64.3 Å². The van der Waals surface area contributed by atoms with Gasteiger partial charge in [0.25, 0.3) is 0 Å². The SMILES string of the molecule is COc1ccc(NC(=O)C2CCCC(N)C2)c(C)c1.Cl. The number of anilines is 1. The lowest BCUT2D eigenvalue weighted by Gasteiger charge is -2.25. The van der Waals surface area contributed by atoms with E-state index in [1.807, 2.05) is 25.1 Å². The van der Waals surface area contributed by atoms with Gasteiger partial charge >= 0.3 is 0 Å². The summed E-state index contributed by atoms with van der Waals surface area (Å²) in [4.78, 5) is 12.2. The molecule has 0 radical (unpaired) electrons. The molecule has 5 heteroatoms. The highest BCUT2D eigenvalue weighted by Gasteiger charge is 2.25. The number of ether oxygens (including phenoxy) is 1. The van der Waals surface area contributed by atoms with E-state index in [0.717, 1.165) is 42.7 Å². The van der Waals surface area contributed by atoms with Crippen molar-refractivity contribution in [3.05, 3.63) is 23.8 Å². The molecule has 2 rings (SSSR count). The number of rotatable bonds is 3. The molecule has 1 amide bonds. The summed E-state index contributed by atoms with van der Waals surface area (Å²) in [5, 5.41) is 3.00. The quantitative estimate of drug-likeness (QED) is 0.902. The minimum absolute atomic E-state index is 0. The van der Waals surface area contributed by atoms with E-state index in [2.05, 4.69) is 5.32 Å². The van der Waals surface area contributed by atoms with E-state index >= 15 is 0 Å². The minimum atomic E-state index is 0. The molecule has 0 saturated heterocycles. The monoisotopic (exact) mass is 298 g/mol. The van der Waals surface area contributed by atoms with Gasteiger partial charge in [0.05, 0.1) is 7.11 Å². The number of carbonyl (C=O) groups is 1. The summed E-state index contributed by atoms with van der Waals surface area (Å²) in [6.45, 7) is 1.96. The van der Waals surface area contributed by atoms with Crippen LogP contribution in [0.5, 0.6) is 5.75 Å². The second kappa shape index (κ2) is 7.50. The molecule has 1 saturated carbocycles. The molecule has 0 spiro atoms. The molecule has 1 aliphatic carbocycles. The van der Waals surface area contributed by atoms with E-state index in [0.29, 0.717) is 0 Å². The van der Waals surface area contributed by atoms with Gasteiger partial charge in [-0.05, 0) is 49.9 Å². The van der Waals surface area contributed by atoms with Crippen molar-refractivity contribution in [2.24, 2.45) is 11.7 Å². The van der Waals surface area contributed by atoms with Gasteiger partial charge in [-0.3, -0.25) is 4.79 Å². The average Bonchev–Trinajstić information content (AvgIpc) is 2.41. The lowest BCUT2D eigenvalue weighted by atomic mass is 9.85. The standard InChI is InChI=1S/C15H22N2O2.ClH/c1-10-8-13(19-2)6-7-14(10)17-15(18)11-4-3-5-12(16)9-11;/h6-8,11-12H,3-5,9,16H2,1-2H3,(H,17,18);1H. The predicted molar refractivity (Wildman–Crippen MR) is 83.5 cm³/mol. The van der Waals surface area contributed by atoms with Crippen LogP contribution in [0.3, 0.4) is 0 Å². The summed E-state index contributed by atoms with van der Waals surface area (Å²) in [7, 11) is 1.64. The molecule has 3 N–H and O–H groups in total. The van der Waals surface area contributed by atoms with E-state index in [4.69, 9.17) is 10.5 Å². The fraction of sp³-hybridized carbons (Fsp3) is 0.533. The first-order chi connectivity index (χ1) is 9.10. The molecule has 20 heavy (non-hydrogen) atoms. The smallest absolute Gasteiger partial charge is 0.227 e. The molecule has 0 bridgehead atoms. The normalized spacial score (nSPS) is 21.8. The zero-order chi connectivity index (χ0) is 13.8. The molecule has 1 aromatic carbocycles. The Morgan fingerprint density at radius 1 is 1.40 bits per heavy atom. The molecule has 2 unspecified atom stereocenters. The lowest BCUT2D eigenvalue weighted by Crippen LogP contribution is -2.34. The fourth-order valence-corrected chi connectivity index (χ4v) is 2.60. The van der Waals surface area contributed by atoms with Crippen LogP contribution in [0.4, 0.5) is 5.69 Å². The number of amides is 1. The predicted octanol–water partition coefficient (Wildman–Crippen LogP) is 2.88. The number of hydrogen-bond donors (Lipinski definition) is 2. The van der Waals surface area contributed by atoms with Crippen molar-refractivity contribution in [1.82, 2.24) is 0 Å². The maximum Gasteiger partial charge on any atom is 0.227 e. The largest absolute Gasteiger partial charge is 0.497 e. The number of carbonyl (C=O) groups excluding carboxylic acids is 1. The molecular formula is C15H23ClN2O2. The Morgan fingerprint density at radius 2 is 2.15 bits per heavy atom. The van der Waals surface area contributed by atoms with Crippen LogP contribution < -0.4 is 15.8 Å². The van der Waals surface area contributed by atoms with Crippen LogP contribution in [0, 0.1) is 12.8 Å². The first-order valence-corrected chi connectivity index (χ1v) is 6.81. The maximum atomic E-state index is 12.2. The first kappa shape index (κ1) is 16.8. The van der Waals surface area contributed by atoms with Crippen LogP contribution >= 0.6 is 12.4 Å². The summed E-state index contributed by atoms with van der Waals surface area (Å²) < 4.78 is 5.16. The molecular weight excluding hydrogens is 276 g/mol. The van der Waals surface area contributed by atoms with Gasteiger partial charge in [0, 0.05) is 17.6 Å². The Kier molecular flexibility index (Phi) is 6.30. The molecule has 0 aliphatic heterocycles. The van der Waals surface area contributed by atoms with Gasteiger partial charge in [0.2, 0.25) is 5.91 Å². The third-order valence-corrected chi connectivity index (χ3v) is 3.78. The molecule has 1 aromatic rings. The van der Waals surface area contributed by atoms with Crippen LogP contribution in [-0.4, -0.2) is 19.1 Å². The van der Waals surface area contributed by atoms with E-state index in [1.165, 1.54) is 0 Å². The summed E-state index contributed by atoms with van der Waals surface area (Å²) in [5.74, 6) is 0.934. The highest BCUT2D eigenvalue weighted by atomic mass is 35.5. The second-order valence-corrected chi connectivity index (χ2v) is 5.29. The van der Waals surface area contributed by atoms with Gasteiger partial charge in [-0.25, -0.2) is 0 Å². The van der Waals surface area contributed by atoms with Gasteiger partial charge in [-0.1, -0.05) is 6.42 Å². The molecule has 0 heterocycles. The number of aryl methyl sites for hydroxylation is 1. The molecule has 2 atom stereocenters. The lowest BCUT2D eigenvalue weighted by molar-refractivity contribution is -0.120.